The summed E-state index contributed by atoms with van der Waals surface area (Å²) in [6.07, 6.45) is 1.50. The van der Waals surface area contributed by atoms with E-state index in [0.29, 0.717) is 16.8 Å². The topological polar surface area (TPSA) is 26.0 Å². The Morgan fingerprint density at radius 1 is 1.20 bits per heavy atom. The highest BCUT2D eigenvalue weighted by molar-refractivity contribution is 9.10. The molecule has 2 N–H and O–H groups in total. The maximum Gasteiger partial charge on any atom is 0.132 e. The van der Waals surface area contributed by atoms with Crippen LogP contribution in [0.5, 0.6) is 0 Å². The van der Waals surface area contributed by atoms with E-state index in [-0.39, 0.29) is 5.56 Å². The zero-order valence-corrected chi connectivity index (χ0v) is 12.3. The highest BCUT2D eigenvalue weighted by Crippen LogP contribution is 2.40. The van der Waals surface area contributed by atoms with Crippen molar-refractivity contribution in [1.82, 2.24) is 0 Å². The summed E-state index contributed by atoms with van der Waals surface area (Å²) in [5.74, 6) is -0.877. The Labute approximate surface area is 124 Å². The second-order valence-electron chi connectivity index (χ2n) is 5.23. The molecule has 1 aliphatic rings. The Morgan fingerprint density at radius 3 is 2.50 bits per heavy atom. The molecule has 0 saturated carbocycles. The summed E-state index contributed by atoms with van der Waals surface area (Å²) >= 11 is 3.07. The lowest BCUT2D eigenvalue weighted by molar-refractivity contribution is 0.459. The molecule has 20 heavy (non-hydrogen) atoms. The van der Waals surface area contributed by atoms with Crippen molar-refractivity contribution in [3.05, 3.63) is 69.2 Å². The minimum Gasteiger partial charge on any atom is -0.324 e. The van der Waals surface area contributed by atoms with Gasteiger partial charge in [-0.3, -0.25) is 0 Å². The second-order valence-corrected chi connectivity index (χ2v) is 6.14. The molecule has 0 fully saturated rings. The molecular formula is C16H14BrF2N. The van der Waals surface area contributed by atoms with Gasteiger partial charge in [-0.05, 0) is 42.0 Å². The SMILES string of the molecule is NC(CC1Cc2ccccc21)c1c(F)cc(Br)cc1F. The van der Waals surface area contributed by atoms with Crippen LogP contribution in [0.25, 0.3) is 0 Å². The van der Waals surface area contributed by atoms with Gasteiger partial charge in [0, 0.05) is 16.1 Å². The first-order valence-corrected chi connectivity index (χ1v) is 7.33. The predicted molar refractivity (Wildman–Crippen MR) is 78.5 cm³/mol. The van der Waals surface area contributed by atoms with Crippen LogP contribution in [0, 0.1) is 11.6 Å². The average molecular weight is 338 g/mol. The summed E-state index contributed by atoms with van der Waals surface area (Å²) in [5, 5.41) is 0. The molecule has 0 saturated heterocycles. The van der Waals surface area contributed by atoms with E-state index in [4.69, 9.17) is 5.73 Å². The largest absolute Gasteiger partial charge is 0.324 e. The van der Waals surface area contributed by atoms with Gasteiger partial charge in [-0.1, -0.05) is 40.2 Å². The Morgan fingerprint density at radius 2 is 1.85 bits per heavy atom. The first-order chi connectivity index (χ1) is 9.56. The van der Waals surface area contributed by atoms with Crippen LogP contribution >= 0.6 is 15.9 Å². The number of hydrogen-bond acceptors (Lipinski definition) is 1. The monoisotopic (exact) mass is 337 g/mol. The van der Waals surface area contributed by atoms with Crippen molar-refractivity contribution in [3.63, 3.8) is 0 Å². The Bertz CT molecular complexity index is 634. The molecule has 2 aromatic rings. The molecule has 0 bridgehead atoms. The number of hydrogen-bond donors (Lipinski definition) is 1. The summed E-state index contributed by atoms with van der Waals surface area (Å²) in [4.78, 5) is 0. The molecule has 4 heteroatoms. The first kappa shape index (κ1) is 13.7. The summed E-state index contributed by atoms with van der Waals surface area (Å²) < 4.78 is 28.1. The highest BCUT2D eigenvalue weighted by Gasteiger charge is 2.29. The van der Waals surface area contributed by atoms with Gasteiger partial charge in [0.05, 0.1) is 0 Å². The molecule has 0 aromatic heterocycles. The van der Waals surface area contributed by atoms with E-state index in [1.54, 1.807) is 0 Å². The fourth-order valence-corrected chi connectivity index (χ4v) is 3.31. The maximum atomic E-state index is 13.9. The molecule has 2 atom stereocenters. The molecule has 104 valence electrons. The molecule has 1 nitrogen and oxygen atoms in total. The van der Waals surface area contributed by atoms with E-state index >= 15 is 0 Å². The number of fused-ring (bicyclic) bond motifs is 1. The fraction of sp³-hybridized carbons (Fsp3) is 0.250. The van der Waals surface area contributed by atoms with E-state index in [9.17, 15) is 8.78 Å². The van der Waals surface area contributed by atoms with E-state index in [1.165, 1.54) is 23.3 Å². The van der Waals surface area contributed by atoms with E-state index in [0.717, 1.165) is 6.42 Å². The van der Waals surface area contributed by atoms with Crippen LogP contribution in [0.15, 0.2) is 40.9 Å². The van der Waals surface area contributed by atoms with Gasteiger partial charge in [0.25, 0.3) is 0 Å². The average Bonchev–Trinajstić information content (AvgIpc) is 2.34. The zero-order chi connectivity index (χ0) is 14.3. The Hall–Kier alpha value is -1.26. The van der Waals surface area contributed by atoms with Gasteiger partial charge in [0.1, 0.15) is 11.6 Å². The number of halogens is 3. The lowest BCUT2D eigenvalue weighted by Crippen LogP contribution is -2.24. The van der Waals surface area contributed by atoms with Crippen molar-refractivity contribution in [2.75, 3.05) is 0 Å². The van der Waals surface area contributed by atoms with Crippen LogP contribution in [0.1, 0.15) is 35.1 Å². The predicted octanol–water partition coefficient (Wildman–Crippen LogP) is 4.46. The van der Waals surface area contributed by atoms with Gasteiger partial charge in [-0.2, -0.15) is 0 Å². The summed E-state index contributed by atoms with van der Waals surface area (Å²) in [6, 6.07) is 10.0. The number of nitrogens with two attached hydrogens (primary N) is 1. The lowest BCUT2D eigenvalue weighted by atomic mass is 9.74. The Balaban J connectivity index is 1.80. The quantitative estimate of drug-likeness (QED) is 0.879. The minimum absolute atomic E-state index is 0.0161. The van der Waals surface area contributed by atoms with Crippen LogP contribution in [0.4, 0.5) is 8.78 Å². The number of benzene rings is 2. The second kappa shape index (κ2) is 5.26. The summed E-state index contributed by atoms with van der Waals surface area (Å²) in [6.45, 7) is 0. The van der Waals surface area contributed by atoms with Gasteiger partial charge in [-0.15, -0.1) is 0 Å². The van der Waals surface area contributed by atoms with Crippen molar-refractivity contribution >= 4 is 15.9 Å². The molecule has 2 aromatic carbocycles. The van der Waals surface area contributed by atoms with Crippen LogP contribution in [0.2, 0.25) is 0 Å². The fourth-order valence-electron chi connectivity index (χ4n) is 2.90. The molecule has 0 radical (unpaired) electrons. The van der Waals surface area contributed by atoms with Gasteiger partial charge >= 0.3 is 0 Å². The first-order valence-electron chi connectivity index (χ1n) is 6.54. The normalized spacial score (nSPS) is 18.3. The van der Waals surface area contributed by atoms with E-state index in [2.05, 4.69) is 28.1 Å². The van der Waals surface area contributed by atoms with Gasteiger partial charge in [0.15, 0.2) is 0 Å². The lowest BCUT2D eigenvalue weighted by Gasteiger charge is -2.32. The van der Waals surface area contributed by atoms with Gasteiger partial charge in [-0.25, -0.2) is 8.78 Å². The smallest absolute Gasteiger partial charge is 0.132 e. The molecule has 0 amide bonds. The third-order valence-electron chi connectivity index (χ3n) is 3.91. The van der Waals surface area contributed by atoms with Gasteiger partial charge in [0.2, 0.25) is 0 Å². The van der Waals surface area contributed by atoms with Crippen molar-refractivity contribution < 1.29 is 8.78 Å². The van der Waals surface area contributed by atoms with Crippen LogP contribution < -0.4 is 5.73 Å². The van der Waals surface area contributed by atoms with Crippen LogP contribution in [0.3, 0.4) is 0 Å². The van der Waals surface area contributed by atoms with Gasteiger partial charge < -0.3 is 5.73 Å². The summed E-state index contributed by atoms with van der Waals surface area (Å²) in [5.41, 5.74) is 8.56. The molecule has 0 heterocycles. The van der Waals surface area contributed by atoms with E-state index < -0.39 is 17.7 Å². The van der Waals surface area contributed by atoms with E-state index in [1.807, 2.05) is 12.1 Å². The summed E-state index contributed by atoms with van der Waals surface area (Å²) in [7, 11) is 0. The van der Waals surface area contributed by atoms with Crippen molar-refractivity contribution in [3.8, 4) is 0 Å². The molecule has 0 aliphatic heterocycles. The standard InChI is InChI=1S/C16H14BrF2N/c17-11-7-13(18)16(14(19)8-11)15(20)6-10-5-9-3-1-2-4-12(9)10/h1-4,7-8,10,15H,5-6,20H2. The van der Waals surface area contributed by atoms with Crippen LogP contribution in [-0.2, 0) is 6.42 Å². The molecule has 2 unspecified atom stereocenters. The molecule has 1 aliphatic carbocycles. The van der Waals surface area contributed by atoms with Crippen molar-refractivity contribution in [2.24, 2.45) is 5.73 Å². The minimum atomic E-state index is -0.624. The zero-order valence-electron chi connectivity index (χ0n) is 10.7. The third kappa shape index (κ3) is 2.38. The Kier molecular flexibility index (Phi) is 3.61. The van der Waals surface area contributed by atoms with Crippen molar-refractivity contribution in [2.45, 2.75) is 24.8 Å². The molecule has 0 spiro atoms. The maximum absolute atomic E-state index is 13.9. The molecular weight excluding hydrogens is 324 g/mol. The third-order valence-corrected chi connectivity index (χ3v) is 4.37. The van der Waals surface area contributed by atoms with Crippen LogP contribution in [-0.4, -0.2) is 0 Å². The highest BCUT2D eigenvalue weighted by atomic mass is 79.9. The van der Waals surface area contributed by atoms with Crippen molar-refractivity contribution in [1.29, 1.82) is 0 Å². The number of rotatable bonds is 3. The molecule has 3 rings (SSSR count).